The normalized spacial score (nSPS) is 10.2. The van der Waals surface area contributed by atoms with E-state index in [1.54, 1.807) is 0 Å². The van der Waals surface area contributed by atoms with Crippen LogP contribution in [0.1, 0.15) is 10.4 Å². The number of nitro benzene ring substituents is 1. The molecular weight excluding hydrogens is 306 g/mol. The highest BCUT2D eigenvalue weighted by molar-refractivity contribution is 6.36. The molecule has 0 radical (unpaired) electrons. The van der Waals surface area contributed by atoms with Crippen LogP contribution in [0.25, 0.3) is 0 Å². The van der Waals surface area contributed by atoms with Crippen LogP contribution in [0.3, 0.4) is 0 Å². The zero-order valence-corrected chi connectivity index (χ0v) is 11.0. The second-order valence-electron chi connectivity index (χ2n) is 3.98. The van der Waals surface area contributed by atoms with Gasteiger partial charge in [0.05, 0.1) is 10.5 Å². The summed E-state index contributed by atoms with van der Waals surface area (Å²) in [4.78, 5) is 22.0. The van der Waals surface area contributed by atoms with E-state index in [1.165, 1.54) is 12.1 Å². The molecule has 0 aliphatic rings. The Morgan fingerprint density at radius 3 is 2.52 bits per heavy atom. The third kappa shape index (κ3) is 3.14. The van der Waals surface area contributed by atoms with Crippen molar-refractivity contribution in [3.8, 4) is 0 Å². The summed E-state index contributed by atoms with van der Waals surface area (Å²) in [6.45, 7) is 0. The van der Waals surface area contributed by atoms with Crippen LogP contribution in [0, 0.1) is 21.7 Å². The molecule has 0 aliphatic heterocycles. The molecule has 0 atom stereocenters. The van der Waals surface area contributed by atoms with Gasteiger partial charge in [-0.25, -0.2) is 8.78 Å². The maximum absolute atomic E-state index is 13.0. The number of nitro groups is 1. The lowest BCUT2D eigenvalue weighted by atomic mass is 10.2. The van der Waals surface area contributed by atoms with Gasteiger partial charge in [-0.05, 0) is 18.2 Å². The maximum Gasteiger partial charge on any atom is 0.288 e. The number of benzene rings is 2. The number of amides is 1. The number of halogens is 3. The van der Waals surface area contributed by atoms with Crippen molar-refractivity contribution in [3.05, 3.63) is 68.7 Å². The number of carbonyl (C=O) groups excluding carboxylic acids is 1. The van der Waals surface area contributed by atoms with Gasteiger partial charge in [0, 0.05) is 17.8 Å². The van der Waals surface area contributed by atoms with Crippen LogP contribution in [0.4, 0.5) is 20.2 Å². The topological polar surface area (TPSA) is 72.2 Å². The van der Waals surface area contributed by atoms with Gasteiger partial charge in [-0.15, -0.1) is 0 Å². The fourth-order valence-corrected chi connectivity index (χ4v) is 1.89. The van der Waals surface area contributed by atoms with Gasteiger partial charge in [0.25, 0.3) is 11.6 Å². The highest BCUT2D eigenvalue weighted by Crippen LogP contribution is 2.28. The summed E-state index contributed by atoms with van der Waals surface area (Å²) in [5.41, 5.74) is -0.563. The average Bonchev–Trinajstić information content (AvgIpc) is 2.42. The Morgan fingerprint density at radius 1 is 1.19 bits per heavy atom. The molecule has 0 saturated heterocycles. The first-order chi connectivity index (χ1) is 9.90. The molecule has 108 valence electrons. The van der Waals surface area contributed by atoms with E-state index in [4.69, 9.17) is 11.6 Å². The maximum atomic E-state index is 13.0. The third-order valence-corrected chi connectivity index (χ3v) is 2.99. The summed E-state index contributed by atoms with van der Waals surface area (Å²) in [6.07, 6.45) is 0. The molecule has 0 bridgehead atoms. The number of nitrogens with one attached hydrogen (secondary N) is 1. The van der Waals surface area contributed by atoms with Gasteiger partial charge in [-0.3, -0.25) is 14.9 Å². The Hall–Kier alpha value is -2.54. The molecule has 0 aliphatic carbocycles. The number of hydrogen-bond donors (Lipinski definition) is 1. The highest BCUT2D eigenvalue weighted by atomic mass is 35.5. The van der Waals surface area contributed by atoms with Gasteiger partial charge in [0.15, 0.2) is 11.6 Å². The first kappa shape index (κ1) is 14.9. The molecule has 2 aromatic carbocycles. The summed E-state index contributed by atoms with van der Waals surface area (Å²) in [7, 11) is 0. The second-order valence-corrected chi connectivity index (χ2v) is 4.36. The van der Waals surface area contributed by atoms with Crippen molar-refractivity contribution in [2.75, 3.05) is 5.32 Å². The lowest BCUT2D eigenvalue weighted by Gasteiger charge is -2.07. The molecule has 0 unspecified atom stereocenters. The van der Waals surface area contributed by atoms with Crippen molar-refractivity contribution < 1.29 is 18.5 Å². The largest absolute Gasteiger partial charge is 0.322 e. The molecule has 5 nitrogen and oxygen atoms in total. The Bertz CT molecular complexity index is 737. The fourth-order valence-electron chi connectivity index (χ4n) is 1.61. The van der Waals surface area contributed by atoms with Crippen LogP contribution in [0.5, 0.6) is 0 Å². The Morgan fingerprint density at radius 2 is 1.90 bits per heavy atom. The van der Waals surface area contributed by atoms with Gasteiger partial charge < -0.3 is 5.32 Å². The zero-order chi connectivity index (χ0) is 15.6. The van der Waals surface area contributed by atoms with Crippen molar-refractivity contribution in [3.63, 3.8) is 0 Å². The minimum atomic E-state index is -1.13. The SMILES string of the molecule is O=C(Nc1ccc(F)c(F)c1)c1cccc([N+](=O)[O-])c1Cl. The highest BCUT2D eigenvalue weighted by Gasteiger charge is 2.20. The van der Waals surface area contributed by atoms with Crippen LogP contribution in [-0.2, 0) is 0 Å². The van der Waals surface area contributed by atoms with E-state index < -0.39 is 28.2 Å². The van der Waals surface area contributed by atoms with Gasteiger partial charge in [0.1, 0.15) is 5.02 Å². The number of carbonyl (C=O) groups is 1. The standard InChI is InChI=1S/C13H7ClF2N2O3/c14-12-8(2-1-3-11(12)18(20)21)13(19)17-7-4-5-9(15)10(16)6-7/h1-6H,(H,17,19). The fraction of sp³-hybridized carbons (Fsp3) is 0. The summed E-state index contributed by atoms with van der Waals surface area (Å²) >= 11 is 5.78. The van der Waals surface area contributed by atoms with Crippen molar-refractivity contribution >= 4 is 28.9 Å². The minimum absolute atomic E-state index is 0.00136. The molecule has 0 fully saturated rings. The molecule has 2 rings (SSSR count). The zero-order valence-electron chi connectivity index (χ0n) is 10.3. The third-order valence-electron chi connectivity index (χ3n) is 2.60. The number of rotatable bonds is 3. The van der Waals surface area contributed by atoms with Crippen LogP contribution in [0.15, 0.2) is 36.4 Å². The van der Waals surface area contributed by atoms with Gasteiger partial charge in [-0.2, -0.15) is 0 Å². The van der Waals surface area contributed by atoms with Crippen molar-refractivity contribution in [1.82, 2.24) is 0 Å². The molecule has 0 spiro atoms. The van der Waals surface area contributed by atoms with Crippen molar-refractivity contribution in [2.45, 2.75) is 0 Å². The predicted molar refractivity (Wildman–Crippen MR) is 72.4 cm³/mol. The van der Waals surface area contributed by atoms with E-state index in [0.717, 1.165) is 24.3 Å². The minimum Gasteiger partial charge on any atom is -0.322 e. The van der Waals surface area contributed by atoms with Gasteiger partial charge in [-0.1, -0.05) is 17.7 Å². The quantitative estimate of drug-likeness (QED) is 0.692. The monoisotopic (exact) mass is 312 g/mol. The first-order valence-electron chi connectivity index (χ1n) is 5.59. The van der Waals surface area contributed by atoms with E-state index in [0.29, 0.717) is 0 Å². The molecular formula is C13H7ClF2N2O3. The summed E-state index contributed by atoms with van der Waals surface area (Å²) in [5.74, 6) is -2.95. The van der Waals surface area contributed by atoms with E-state index in [2.05, 4.69) is 5.32 Å². The lowest BCUT2D eigenvalue weighted by Crippen LogP contribution is -2.13. The smallest absolute Gasteiger partial charge is 0.288 e. The Labute approximate surface area is 122 Å². The molecule has 2 aromatic rings. The average molecular weight is 313 g/mol. The van der Waals surface area contributed by atoms with Crippen LogP contribution < -0.4 is 5.32 Å². The van der Waals surface area contributed by atoms with E-state index in [9.17, 15) is 23.7 Å². The molecule has 8 heteroatoms. The molecule has 21 heavy (non-hydrogen) atoms. The second kappa shape index (κ2) is 5.84. The van der Waals surface area contributed by atoms with E-state index in [-0.39, 0.29) is 16.3 Å². The number of anilines is 1. The Kier molecular flexibility index (Phi) is 4.13. The molecule has 1 amide bonds. The first-order valence-corrected chi connectivity index (χ1v) is 5.97. The molecule has 0 saturated carbocycles. The Balaban J connectivity index is 2.30. The van der Waals surface area contributed by atoms with E-state index in [1.807, 2.05) is 0 Å². The van der Waals surface area contributed by atoms with Crippen molar-refractivity contribution in [1.29, 1.82) is 0 Å². The molecule has 1 N–H and O–H groups in total. The van der Waals surface area contributed by atoms with Crippen molar-refractivity contribution in [2.24, 2.45) is 0 Å². The van der Waals surface area contributed by atoms with E-state index >= 15 is 0 Å². The predicted octanol–water partition coefficient (Wildman–Crippen LogP) is 3.78. The molecule has 0 heterocycles. The molecule has 0 aromatic heterocycles. The van der Waals surface area contributed by atoms with Crippen LogP contribution >= 0.6 is 11.6 Å². The number of hydrogen-bond acceptors (Lipinski definition) is 3. The van der Waals surface area contributed by atoms with Gasteiger partial charge in [0.2, 0.25) is 0 Å². The summed E-state index contributed by atoms with van der Waals surface area (Å²) < 4.78 is 25.8. The number of nitrogens with zero attached hydrogens (tertiary/aromatic N) is 1. The van der Waals surface area contributed by atoms with Gasteiger partial charge >= 0.3 is 0 Å². The van der Waals surface area contributed by atoms with Crippen LogP contribution in [-0.4, -0.2) is 10.8 Å². The summed E-state index contributed by atoms with van der Waals surface area (Å²) in [5, 5.41) is 12.7. The lowest BCUT2D eigenvalue weighted by molar-refractivity contribution is -0.384. The van der Waals surface area contributed by atoms with Crippen LogP contribution in [0.2, 0.25) is 5.02 Å². The summed E-state index contributed by atoms with van der Waals surface area (Å²) in [6, 6.07) is 6.52.